The summed E-state index contributed by atoms with van der Waals surface area (Å²) in [6.07, 6.45) is 5.29. The van der Waals surface area contributed by atoms with Crippen molar-refractivity contribution in [3.8, 4) is 0 Å². The van der Waals surface area contributed by atoms with Gasteiger partial charge in [-0.2, -0.15) is 0 Å². The van der Waals surface area contributed by atoms with Gasteiger partial charge in [-0.05, 0) is 84.7 Å². The fourth-order valence-corrected chi connectivity index (χ4v) is 3.91. The van der Waals surface area contributed by atoms with Gasteiger partial charge in [-0.3, -0.25) is 0 Å². The summed E-state index contributed by atoms with van der Waals surface area (Å²) in [5.41, 5.74) is 10.1. The van der Waals surface area contributed by atoms with E-state index in [0.29, 0.717) is 0 Å². The summed E-state index contributed by atoms with van der Waals surface area (Å²) in [4.78, 5) is 0. The molecule has 0 fully saturated rings. The van der Waals surface area contributed by atoms with Gasteiger partial charge in [0.1, 0.15) is 0 Å². The zero-order valence-electron chi connectivity index (χ0n) is 11.0. The summed E-state index contributed by atoms with van der Waals surface area (Å²) in [6, 6.07) is 0. The first kappa shape index (κ1) is 10.4. The van der Waals surface area contributed by atoms with E-state index in [1.807, 2.05) is 0 Å². The highest BCUT2D eigenvalue weighted by Crippen LogP contribution is 2.40. The monoisotopic (exact) mass is 214 g/mol. The lowest BCUT2D eigenvalue weighted by atomic mass is 9.90. The molecule has 0 radical (unpaired) electrons. The predicted octanol–water partition coefficient (Wildman–Crippen LogP) is 3.77. The van der Waals surface area contributed by atoms with Gasteiger partial charge in [-0.1, -0.05) is 13.8 Å². The molecule has 16 heavy (non-hydrogen) atoms. The van der Waals surface area contributed by atoms with E-state index in [0.717, 1.165) is 11.8 Å². The average Bonchev–Trinajstić information content (AvgIpc) is 2.78. The summed E-state index contributed by atoms with van der Waals surface area (Å²) in [5, 5.41) is 0. The van der Waals surface area contributed by atoms with E-state index >= 15 is 0 Å². The van der Waals surface area contributed by atoms with Crippen LogP contribution in [0.4, 0.5) is 0 Å². The summed E-state index contributed by atoms with van der Waals surface area (Å²) in [5.74, 6) is 1.74. The first-order valence-corrected chi connectivity index (χ1v) is 6.70. The third-order valence-electron chi connectivity index (χ3n) is 4.75. The predicted molar refractivity (Wildman–Crippen MR) is 69.1 cm³/mol. The van der Waals surface area contributed by atoms with Crippen molar-refractivity contribution < 1.29 is 0 Å². The van der Waals surface area contributed by atoms with Crippen LogP contribution in [0.15, 0.2) is 0 Å². The second-order valence-electron chi connectivity index (χ2n) is 6.19. The van der Waals surface area contributed by atoms with Gasteiger partial charge in [-0.25, -0.2) is 0 Å². The Morgan fingerprint density at radius 1 is 0.625 bits per heavy atom. The second kappa shape index (κ2) is 3.35. The van der Waals surface area contributed by atoms with Crippen LogP contribution in [-0.4, -0.2) is 0 Å². The maximum absolute atomic E-state index is 2.40. The Bertz CT molecular complexity index is 374. The highest BCUT2D eigenvalue weighted by atomic mass is 14.3. The molecule has 0 atom stereocenters. The molecule has 0 aliphatic heterocycles. The van der Waals surface area contributed by atoms with Crippen molar-refractivity contribution in [1.29, 1.82) is 0 Å². The van der Waals surface area contributed by atoms with Crippen molar-refractivity contribution in [1.82, 2.24) is 0 Å². The van der Waals surface area contributed by atoms with E-state index in [1.54, 1.807) is 33.4 Å². The van der Waals surface area contributed by atoms with E-state index in [2.05, 4.69) is 27.7 Å². The highest BCUT2D eigenvalue weighted by molar-refractivity contribution is 5.55. The lowest BCUT2D eigenvalue weighted by Gasteiger charge is -2.15. The van der Waals surface area contributed by atoms with Gasteiger partial charge in [-0.15, -0.1) is 0 Å². The summed E-state index contributed by atoms with van der Waals surface area (Å²) >= 11 is 0. The molecule has 2 aliphatic carbocycles. The molecule has 2 aliphatic rings. The van der Waals surface area contributed by atoms with Crippen molar-refractivity contribution in [2.45, 2.75) is 53.4 Å². The number of benzene rings is 1. The van der Waals surface area contributed by atoms with Gasteiger partial charge in [0.15, 0.2) is 0 Å². The van der Waals surface area contributed by atoms with Crippen LogP contribution < -0.4 is 0 Å². The third kappa shape index (κ3) is 1.28. The van der Waals surface area contributed by atoms with Gasteiger partial charge in [0.2, 0.25) is 0 Å². The summed E-state index contributed by atoms with van der Waals surface area (Å²) in [6.45, 7) is 9.53. The first-order chi connectivity index (χ1) is 7.58. The van der Waals surface area contributed by atoms with Crippen LogP contribution in [0.5, 0.6) is 0 Å². The molecule has 0 nitrogen and oxygen atoms in total. The Morgan fingerprint density at radius 2 is 0.875 bits per heavy atom. The van der Waals surface area contributed by atoms with E-state index in [-0.39, 0.29) is 0 Å². The van der Waals surface area contributed by atoms with E-state index in [1.165, 1.54) is 25.7 Å². The molecule has 0 amide bonds. The largest absolute Gasteiger partial charge is 0.0619 e. The molecule has 3 rings (SSSR count). The maximum atomic E-state index is 2.40. The molecule has 0 bridgehead atoms. The van der Waals surface area contributed by atoms with E-state index in [4.69, 9.17) is 0 Å². The van der Waals surface area contributed by atoms with Crippen molar-refractivity contribution in [3.05, 3.63) is 33.4 Å². The van der Waals surface area contributed by atoms with Crippen molar-refractivity contribution in [2.24, 2.45) is 11.8 Å². The molecule has 0 heteroatoms. The molecule has 0 spiro atoms. The summed E-state index contributed by atoms with van der Waals surface area (Å²) in [7, 11) is 0. The lowest BCUT2D eigenvalue weighted by molar-refractivity contribution is 0.617. The Hall–Kier alpha value is -0.780. The first-order valence-electron chi connectivity index (χ1n) is 6.70. The number of hydrogen-bond donors (Lipinski definition) is 0. The van der Waals surface area contributed by atoms with Gasteiger partial charge >= 0.3 is 0 Å². The van der Waals surface area contributed by atoms with Crippen LogP contribution in [0.2, 0.25) is 0 Å². The highest BCUT2D eigenvalue weighted by Gasteiger charge is 2.29. The van der Waals surface area contributed by atoms with Gasteiger partial charge in [0, 0.05) is 0 Å². The van der Waals surface area contributed by atoms with Crippen LogP contribution in [0, 0.1) is 25.7 Å². The van der Waals surface area contributed by atoms with Crippen LogP contribution in [-0.2, 0) is 25.7 Å². The molecule has 0 saturated heterocycles. The van der Waals surface area contributed by atoms with Crippen LogP contribution >= 0.6 is 0 Å². The normalized spacial score (nSPS) is 20.2. The van der Waals surface area contributed by atoms with Crippen LogP contribution in [0.1, 0.15) is 47.2 Å². The fraction of sp³-hybridized carbons (Fsp3) is 0.625. The third-order valence-corrected chi connectivity index (χ3v) is 4.75. The summed E-state index contributed by atoms with van der Waals surface area (Å²) < 4.78 is 0. The zero-order chi connectivity index (χ0) is 11.4. The van der Waals surface area contributed by atoms with Crippen molar-refractivity contribution >= 4 is 0 Å². The molecule has 0 N–H and O–H groups in total. The second-order valence-corrected chi connectivity index (χ2v) is 6.19. The lowest BCUT2D eigenvalue weighted by Crippen LogP contribution is -2.00. The number of rotatable bonds is 0. The van der Waals surface area contributed by atoms with Crippen LogP contribution in [0.25, 0.3) is 0 Å². The Balaban J connectivity index is 2.22. The SMILES string of the molecule is Cc1c2c(c(C)c3c1CC(C)C3)CC(C)C2. The molecule has 0 saturated carbocycles. The minimum atomic E-state index is 0.868. The average molecular weight is 214 g/mol. The van der Waals surface area contributed by atoms with Crippen molar-refractivity contribution in [3.63, 3.8) is 0 Å². The molecule has 1 aromatic rings. The topological polar surface area (TPSA) is 0 Å². The molecular formula is C16H22. The minimum absolute atomic E-state index is 0.868. The molecule has 1 aromatic carbocycles. The fourth-order valence-electron chi connectivity index (χ4n) is 3.91. The van der Waals surface area contributed by atoms with E-state index < -0.39 is 0 Å². The smallest absolute Gasteiger partial charge is 0.0244 e. The van der Waals surface area contributed by atoms with E-state index in [9.17, 15) is 0 Å². The number of fused-ring (bicyclic) bond motifs is 2. The number of hydrogen-bond acceptors (Lipinski definition) is 0. The molecule has 86 valence electrons. The molecular weight excluding hydrogens is 192 g/mol. The molecule has 0 unspecified atom stereocenters. The Kier molecular flexibility index (Phi) is 2.18. The van der Waals surface area contributed by atoms with Gasteiger partial charge in [0.25, 0.3) is 0 Å². The Labute approximate surface area is 99.1 Å². The Morgan fingerprint density at radius 3 is 1.12 bits per heavy atom. The maximum Gasteiger partial charge on any atom is -0.0244 e. The van der Waals surface area contributed by atoms with Crippen LogP contribution in [0.3, 0.4) is 0 Å². The quantitative estimate of drug-likeness (QED) is 0.616. The standard InChI is InChI=1S/C16H22/c1-9-5-13-11(3)15-7-10(2)8-16(15)12(4)14(13)6-9/h9-10H,5-8H2,1-4H3. The molecule has 0 heterocycles. The van der Waals surface area contributed by atoms with Gasteiger partial charge in [0.05, 0.1) is 0 Å². The van der Waals surface area contributed by atoms with Gasteiger partial charge < -0.3 is 0 Å². The minimum Gasteiger partial charge on any atom is -0.0619 e. The van der Waals surface area contributed by atoms with Crippen molar-refractivity contribution in [2.75, 3.05) is 0 Å². The molecule has 0 aromatic heterocycles. The zero-order valence-corrected chi connectivity index (χ0v) is 11.0.